The van der Waals surface area contributed by atoms with E-state index in [1.165, 1.54) is 0 Å². The molecule has 0 spiro atoms. The zero-order valence-corrected chi connectivity index (χ0v) is 10.0. The molecule has 0 heterocycles. The van der Waals surface area contributed by atoms with Gasteiger partial charge in [-0.2, -0.15) is 10.2 Å². The van der Waals surface area contributed by atoms with Crippen molar-refractivity contribution in [2.24, 2.45) is 10.2 Å². The molecule has 0 radical (unpaired) electrons. The van der Waals surface area contributed by atoms with Crippen molar-refractivity contribution in [1.82, 2.24) is 0 Å². The first-order chi connectivity index (χ1) is 8.16. The van der Waals surface area contributed by atoms with Crippen molar-refractivity contribution in [2.75, 3.05) is 5.73 Å². The Morgan fingerprint density at radius 3 is 2.24 bits per heavy atom. The summed E-state index contributed by atoms with van der Waals surface area (Å²) in [6, 6.07) is 13.5. The number of nitrogens with zero attached hydrogens (tertiary/aromatic N) is 2. The van der Waals surface area contributed by atoms with E-state index in [2.05, 4.69) is 10.2 Å². The fourth-order valence-electron chi connectivity index (χ4n) is 1.52. The molecule has 0 aliphatic heterocycles. The highest BCUT2D eigenvalue weighted by Crippen LogP contribution is 2.25. The predicted octanol–water partition coefficient (Wildman–Crippen LogP) is 4.30. The Morgan fingerprint density at radius 1 is 0.824 bits per heavy atom. The Hall–Kier alpha value is -2.16. The van der Waals surface area contributed by atoms with Crippen molar-refractivity contribution >= 4 is 17.1 Å². The minimum Gasteiger partial charge on any atom is -0.399 e. The molecule has 3 heteroatoms. The topological polar surface area (TPSA) is 50.7 Å². The number of benzene rings is 2. The third kappa shape index (κ3) is 2.69. The van der Waals surface area contributed by atoms with Crippen LogP contribution in [0.5, 0.6) is 0 Å². The van der Waals surface area contributed by atoms with Gasteiger partial charge in [0.05, 0.1) is 11.4 Å². The number of hydrogen-bond acceptors (Lipinski definition) is 3. The van der Waals surface area contributed by atoms with Gasteiger partial charge in [-0.15, -0.1) is 0 Å². The molecule has 0 saturated heterocycles. The Labute approximate surface area is 101 Å². The van der Waals surface area contributed by atoms with E-state index < -0.39 is 0 Å². The zero-order valence-electron chi connectivity index (χ0n) is 10.0. The number of aryl methyl sites for hydroxylation is 2. The summed E-state index contributed by atoms with van der Waals surface area (Å²) in [5, 5.41) is 8.49. The van der Waals surface area contributed by atoms with E-state index in [1.807, 2.05) is 56.3 Å². The molecule has 0 atom stereocenters. The molecule has 3 nitrogen and oxygen atoms in total. The summed E-state index contributed by atoms with van der Waals surface area (Å²) < 4.78 is 0. The van der Waals surface area contributed by atoms with Crippen LogP contribution >= 0.6 is 0 Å². The van der Waals surface area contributed by atoms with Gasteiger partial charge in [0.2, 0.25) is 0 Å². The molecule has 0 fully saturated rings. The van der Waals surface area contributed by atoms with Gasteiger partial charge in [0.25, 0.3) is 0 Å². The monoisotopic (exact) mass is 225 g/mol. The van der Waals surface area contributed by atoms with E-state index in [0.717, 1.165) is 22.5 Å². The minimum absolute atomic E-state index is 0.703. The fraction of sp³-hybridized carbons (Fsp3) is 0.143. The van der Waals surface area contributed by atoms with Gasteiger partial charge in [0.15, 0.2) is 0 Å². The van der Waals surface area contributed by atoms with E-state index in [1.54, 1.807) is 0 Å². The van der Waals surface area contributed by atoms with E-state index in [0.29, 0.717) is 5.69 Å². The number of anilines is 1. The molecule has 86 valence electrons. The van der Waals surface area contributed by atoms with Gasteiger partial charge in [-0.3, -0.25) is 0 Å². The highest BCUT2D eigenvalue weighted by atomic mass is 15.1. The standard InChI is InChI=1S/C14H15N3/c1-10-5-3-4-6-13(10)16-17-14-9-12(15)8-7-11(14)2/h3-9H,15H2,1-2H3. The maximum absolute atomic E-state index is 5.72. The lowest BCUT2D eigenvalue weighted by Crippen LogP contribution is -1.84. The molecule has 0 bridgehead atoms. The lowest BCUT2D eigenvalue weighted by molar-refractivity contribution is 1.19. The van der Waals surface area contributed by atoms with Crippen molar-refractivity contribution in [3.8, 4) is 0 Å². The zero-order chi connectivity index (χ0) is 12.3. The quantitative estimate of drug-likeness (QED) is 0.601. The summed E-state index contributed by atoms with van der Waals surface area (Å²) >= 11 is 0. The van der Waals surface area contributed by atoms with Crippen molar-refractivity contribution in [1.29, 1.82) is 0 Å². The van der Waals surface area contributed by atoms with Crippen molar-refractivity contribution in [3.05, 3.63) is 53.6 Å². The molecular formula is C14H15N3. The second-order valence-corrected chi connectivity index (χ2v) is 4.03. The molecule has 0 aliphatic rings. The average molecular weight is 225 g/mol. The third-order valence-electron chi connectivity index (χ3n) is 2.61. The number of azo groups is 1. The number of hydrogen-bond donors (Lipinski definition) is 1. The first kappa shape index (κ1) is 11.3. The van der Waals surface area contributed by atoms with E-state index in [4.69, 9.17) is 5.73 Å². The Balaban J connectivity index is 2.32. The summed E-state index contributed by atoms with van der Waals surface area (Å²) in [5.74, 6) is 0. The molecule has 2 N–H and O–H groups in total. The second kappa shape index (κ2) is 4.78. The Morgan fingerprint density at radius 2 is 1.47 bits per heavy atom. The Kier molecular flexibility index (Phi) is 3.19. The molecule has 2 aromatic carbocycles. The maximum atomic E-state index is 5.72. The second-order valence-electron chi connectivity index (χ2n) is 4.03. The molecule has 17 heavy (non-hydrogen) atoms. The first-order valence-electron chi connectivity index (χ1n) is 5.50. The molecule has 2 aromatic rings. The summed E-state index contributed by atoms with van der Waals surface area (Å²) in [6.07, 6.45) is 0. The van der Waals surface area contributed by atoms with Crippen molar-refractivity contribution in [2.45, 2.75) is 13.8 Å². The number of nitrogens with two attached hydrogens (primary N) is 1. The lowest BCUT2D eigenvalue weighted by Gasteiger charge is -2.01. The number of rotatable bonds is 2. The fourth-order valence-corrected chi connectivity index (χ4v) is 1.52. The van der Waals surface area contributed by atoms with Gasteiger partial charge in [-0.1, -0.05) is 24.3 Å². The van der Waals surface area contributed by atoms with Gasteiger partial charge in [-0.25, -0.2) is 0 Å². The molecular weight excluding hydrogens is 210 g/mol. The van der Waals surface area contributed by atoms with Crippen LogP contribution < -0.4 is 5.73 Å². The van der Waals surface area contributed by atoms with E-state index in [9.17, 15) is 0 Å². The van der Waals surface area contributed by atoms with Crippen LogP contribution in [-0.4, -0.2) is 0 Å². The van der Waals surface area contributed by atoms with Crippen LogP contribution in [0.1, 0.15) is 11.1 Å². The van der Waals surface area contributed by atoms with Gasteiger partial charge >= 0.3 is 0 Å². The number of nitrogen functional groups attached to an aromatic ring is 1. The smallest absolute Gasteiger partial charge is 0.0906 e. The van der Waals surface area contributed by atoms with Crippen LogP contribution in [0, 0.1) is 13.8 Å². The highest BCUT2D eigenvalue weighted by molar-refractivity contribution is 5.56. The molecule has 0 aliphatic carbocycles. The maximum Gasteiger partial charge on any atom is 0.0906 e. The van der Waals surface area contributed by atoms with Crippen LogP contribution in [0.3, 0.4) is 0 Å². The van der Waals surface area contributed by atoms with Gasteiger partial charge < -0.3 is 5.73 Å². The first-order valence-corrected chi connectivity index (χ1v) is 5.50. The largest absolute Gasteiger partial charge is 0.399 e. The van der Waals surface area contributed by atoms with Crippen molar-refractivity contribution in [3.63, 3.8) is 0 Å². The summed E-state index contributed by atoms with van der Waals surface area (Å²) in [5.41, 5.74) is 10.3. The summed E-state index contributed by atoms with van der Waals surface area (Å²) in [7, 11) is 0. The summed E-state index contributed by atoms with van der Waals surface area (Å²) in [6.45, 7) is 4.01. The average Bonchev–Trinajstić information content (AvgIpc) is 2.32. The molecule has 0 unspecified atom stereocenters. The van der Waals surface area contributed by atoms with E-state index >= 15 is 0 Å². The highest BCUT2D eigenvalue weighted by Gasteiger charge is 1.98. The van der Waals surface area contributed by atoms with Crippen molar-refractivity contribution < 1.29 is 0 Å². The van der Waals surface area contributed by atoms with Crippen LogP contribution in [-0.2, 0) is 0 Å². The predicted molar refractivity (Wildman–Crippen MR) is 70.9 cm³/mol. The lowest BCUT2D eigenvalue weighted by atomic mass is 10.2. The van der Waals surface area contributed by atoms with Crippen LogP contribution in [0.2, 0.25) is 0 Å². The SMILES string of the molecule is Cc1ccccc1N=Nc1cc(N)ccc1C. The van der Waals surface area contributed by atoms with Gasteiger partial charge in [-0.05, 0) is 43.2 Å². The third-order valence-corrected chi connectivity index (χ3v) is 2.61. The van der Waals surface area contributed by atoms with E-state index in [-0.39, 0.29) is 0 Å². The normalized spacial score (nSPS) is 10.9. The molecule has 0 saturated carbocycles. The Bertz CT molecular complexity index is 559. The minimum atomic E-state index is 0.703. The molecule has 0 amide bonds. The van der Waals surface area contributed by atoms with Gasteiger partial charge in [0, 0.05) is 5.69 Å². The van der Waals surface area contributed by atoms with Crippen LogP contribution in [0.4, 0.5) is 17.1 Å². The van der Waals surface area contributed by atoms with Crippen LogP contribution in [0.25, 0.3) is 0 Å². The summed E-state index contributed by atoms with van der Waals surface area (Å²) in [4.78, 5) is 0. The molecule has 2 rings (SSSR count). The van der Waals surface area contributed by atoms with Crippen LogP contribution in [0.15, 0.2) is 52.7 Å². The molecule has 0 aromatic heterocycles. The van der Waals surface area contributed by atoms with Gasteiger partial charge in [0.1, 0.15) is 0 Å².